The maximum Gasteiger partial charge on any atom is 0.255 e. The van der Waals surface area contributed by atoms with Crippen molar-refractivity contribution in [2.24, 2.45) is 0 Å². The standard InChI is InChI=1S/C14H12F2N2O/c1-17-10-4-2-9(3-5-10)14(19)18-11-6-7-12(15)13(16)8-11/h2-8,17H,1H3,(H,18,19). The number of halogens is 2. The van der Waals surface area contributed by atoms with E-state index in [4.69, 9.17) is 0 Å². The van der Waals surface area contributed by atoms with Gasteiger partial charge in [0.2, 0.25) is 0 Å². The number of amides is 1. The van der Waals surface area contributed by atoms with Crippen molar-refractivity contribution < 1.29 is 13.6 Å². The van der Waals surface area contributed by atoms with Crippen molar-refractivity contribution in [3.05, 3.63) is 59.7 Å². The molecule has 0 spiro atoms. The Kier molecular flexibility index (Phi) is 3.75. The lowest BCUT2D eigenvalue weighted by Gasteiger charge is -2.06. The zero-order valence-corrected chi connectivity index (χ0v) is 10.2. The highest BCUT2D eigenvalue weighted by atomic mass is 19.2. The second kappa shape index (κ2) is 5.48. The summed E-state index contributed by atoms with van der Waals surface area (Å²) in [7, 11) is 1.77. The van der Waals surface area contributed by atoms with Crippen LogP contribution in [0.25, 0.3) is 0 Å². The molecule has 0 aliphatic heterocycles. The molecule has 0 bridgehead atoms. The Morgan fingerprint density at radius 1 is 0.947 bits per heavy atom. The van der Waals surface area contributed by atoms with Crippen LogP contribution in [0.4, 0.5) is 20.2 Å². The highest BCUT2D eigenvalue weighted by Crippen LogP contribution is 2.15. The van der Waals surface area contributed by atoms with Gasteiger partial charge >= 0.3 is 0 Å². The predicted octanol–water partition coefficient (Wildman–Crippen LogP) is 3.26. The molecule has 2 aromatic carbocycles. The molecule has 0 aliphatic rings. The Hall–Kier alpha value is -2.43. The quantitative estimate of drug-likeness (QED) is 0.891. The minimum absolute atomic E-state index is 0.210. The van der Waals surface area contributed by atoms with Crippen LogP contribution in [0.3, 0.4) is 0 Å². The molecule has 0 aromatic heterocycles. The third kappa shape index (κ3) is 3.07. The second-order valence-corrected chi connectivity index (χ2v) is 3.91. The van der Waals surface area contributed by atoms with Crippen molar-refractivity contribution in [2.75, 3.05) is 17.7 Å². The predicted molar refractivity (Wildman–Crippen MR) is 70.3 cm³/mol. The molecule has 0 atom stereocenters. The summed E-state index contributed by atoms with van der Waals surface area (Å²) in [6, 6.07) is 9.99. The molecule has 1 amide bonds. The van der Waals surface area contributed by atoms with Gasteiger partial charge in [-0.15, -0.1) is 0 Å². The largest absolute Gasteiger partial charge is 0.388 e. The molecule has 2 aromatic rings. The third-order valence-electron chi connectivity index (χ3n) is 2.61. The normalized spacial score (nSPS) is 10.1. The Morgan fingerprint density at radius 3 is 2.16 bits per heavy atom. The number of anilines is 2. The highest BCUT2D eigenvalue weighted by Gasteiger charge is 2.08. The van der Waals surface area contributed by atoms with Gasteiger partial charge in [-0.25, -0.2) is 8.78 Å². The van der Waals surface area contributed by atoms with E-state index in [-0.39, 0.29) is 11.6 Å². The van der Waals surface area contributed by atoms with Gasteiger partial charge in [0.25, 0.3) is 5.91 Å². The molecule has 0 saturated carbocycles. The molecule has 3 nitrogen and oxygen atoms in total. The van der Waals surface area contributed by atoms with Gasteiger partial charge in [0.15, 0.2) is 11.6 Å². The topological polar surface area (TPSA) is 41.1 Å². The first-order chi connectivity index (χ1) is 9.10. The van der Waals surface area contributed by atoms with E-state index in [1.54, 1.807) is 31.3 Å². The SMILES string of the molecule is CNc1ccc(C(=O)Nc2ccc(F)c(F)c2)cc1. The fraction of sp³-hybridized carbons (Fsp3) is 0.0714. The summed E-state index contributed by atoms with van der Waals surface area (Å²) in [4.78, 5) is 11.9. The summed E-state index contributed by atoms with van der Waals surface area (Å²) in [6.45, 7) is 0. The highest BCUT2D eigenvalue weighted by molar-refractivity contribution is 6.04. The van der Waals surface area contributed by atoms with E-state index in [0.29, 0.717) is 5.56 Å². The van der Waals surface area contributed by atoms with E-state index < -0.39 is 11.6 Å². The average molecular weight is 262 g/mol. The summed E-state index contributed by atoms with van der Waals surface area (Å²) >= 11 is 0. The van der Waals surface area contributed by atoms with Gasteiger partial charge < -0.3 is 10.6 Å². The lowest BCUT2D eigenvalue weighted by atomic mass is 10.2. The molecule has 2 rings (SSSR count). The van der Waals surface area contributed by atoms with Gasteiger partial charge in [-0.3, -0.25) is 4.79 Å². The first-order valence-electron chi connectivity index (χ1n) is 5.64. The van der Waals surface area contributed by atoms with Gasteiger partial charge in [0.1, 0.15) is 0 Å². The smallest absolute Gasteiger partial charge is 0.255 e. The Morgan fingerprint density at radius 2 is 1.58 bits per heavy atom. The third-order valence-corrected chi connectivity index (χ3v) is 2.61. The Bertz CT molecular complexity index is 597. The van der Waals surface area contributed by atoms with Gasteiger partial charge in [-0.05, 0) is 36.4 Å². The molecule has 0 heterocycles. The fourth-order valence-corrected chi connectivity index (χ4v) is 1.57. The van der Waals surface area contributed by atoms with Gasteiger partial charge in [0, 0.05) is 30.1 Å². The average Bonchev–Trinajstić information content (AvgIpc) is 2.43. The number of rotatable bonds is 3. The number of hydrogen-bond donors (Lipinski definition) is 2. The molecular weight excluding hydrogens is 250 g/mol. The zero-order chi connectivity index (χ0) is 13.8. The summed E-state index contributed by atoms with van der Waals surface area (Å²) in [6.07, 6.45) is 0. The van der Waals surface area contributed by atoms with E-state index in [1.165, 1.54) is 6.07 Å². The summed E-state index contributed by atoms with van der Waals surface area (Å²) in [5.74, 6) is -2.33. The minimum atomic E-state index is -0.997. The lowest BCUT2D eigenvalue weighted by molar-refractivity contribution is 0.102. The van der Waals surface area contributed by atoms with Crippen molar-refractivity contribution in [1.82, 2.24) is 0 Å². The number of hydrogen-bond acceptors (Lipinski definition) is 2. The summed E-state index contributed by atoms with van der Waals surface area (Å²) in [5.41, 5.74) is 1.52. The van der Waals surface area contributed by atoms with Crippen LogP contribution in [-0.2, 0) is 0 Å². The van der Waals surface area contributed by atoms with Crippen LogP contribution in [0.5, 0.6) is 0 Å². The maximum absolute atomic E-state index is 13.0. The summed E-state index contributed by atoms with van der Waals surface area (Å²) in [5, 5.41) is 5.43. The first-order valence-corrected chi connectivity index (χ1v) is 5.64. The molecule has 0 fully saturated rings. The molecule has 0 unspecified atom stereocenters. The van der Waals surface area contributed by atoms with Crippen LogP contribution in [0.1, 0.15) is 10.4 Å². The van der Waals surface area contributed by atoms with Crippen molar-refractivity contribution in [1.29, 1.82) is 0 Å². The fourth-order valence-electron chi connectivity index (χ4n) is 1.57. The van der Waals surface area contributed by atoms with Gasteiger partial charge in [-0.1, -0.05) is 0 Å². The van der Waals surface area contributed by atoms with Crippen molar-refractivity contribution >= 4 is 17.3 Å². The lowest BCUT2D eigenvalue weighted by Crippen LogP contribution is -2.12. The number of carbonyl (C=O) groups is 1. The van der Waals surface area contributed by atoms with E-state index in [1.807, 2.05) is 0 Å². The van der Waals surface area contributed by atoms with Gasteiger partial charge in [0.05, 0.1) is 0 Å². The Labute approximate surface area is 109 Å². The molecule has 19 heavy (non-hydrogen) atoms. The number of nitrogens with one attached hydrogen (secondary N) is 2. The van der Waals surface area contributed by atoms with E-state index in [9.17, 15) is 13.6 Å². The van der Waals surface area contributed by atoms with Crippen LogP contribution in [0.15, 0.2) is 42.5 Å². The summed E-state index contributed by atoms with van der Waals surface area (Å²) < 4.78 is 25.7. The number of carbonyl (C=O) groups excluding carboxylic acids is 1. The zero-order valence-electron chi connectivity index (χ0n) is 10.2. The maximum atomic E-state index is 13.0. The van der Waals surface area contributed by atoms with Crippen molar-refractivity contribution in [2.45, 2.75) is 0 Å². The number of benzene rings is 2. The van der Waals surface area contributed by atoms with E-state index >= 15 is 0 Å². The minimum Gasteiger partial charge on any atom is -0.388 e. The monoisotopic (exact) mass is 262 g/mol. The van der Waals surface area contributed by atoms with Crippen LogP contribution >= 0.6 is 0 Å². The molecule has 0 aliphatic carbocycles. The molecule has 0 radical (unpaired) electrons. The second-order valence-electron chi connectivity index (χ2n) is 3.91. The van der Waals surface area contributed by atoms with Gasteiger partial charge in [-0.2, -0.15) is 0 Å². The molecule has 2 N–H and O–H groups in total. The van der Waals surface area contributed by atoms with Crippen LogP contribution < -0.4 is 10.6 Å². The molecule has 98 valence electrons. The van der Waals surface area contributed by atoms with E-state index in [2.05, 4.69) is 10.6 Å². The van der Waals surface area contributed by atoms with Crippen molar-refractivity contribution in [3.63, 3.8) is 0 Å². The van der Waals surface area contributed by atoms with Crippen LogP contribution in [-0.4, -0.2) is 13.0 Å². The van der Waals surface area contributed by atoms with E-state index in [0.717, 1.165) is 17.8 Å². The molecular formula is C14H12F2N2O. The van der Waals surface area contributed by atoms with Crippen LogP contribution in [0.2, 0.25) is 0 Å². The Balaban J connectivity index is 2.13. The van der Waals surface area contributed by atoms with Crippen LogP contribution in [0, 0.1) is 11.6 Å². The molecule has 0 saturated heterocycles. The first kappa shape index (κ1) is 13.0. The molecule has 5 heteroatoms. The van der Waals surface area contributed by atoms with Crippen molar-refractivity contribution in [3.8, 4) is 0 Å².